The van der Waals surface area contributed by atoms with E-state index in [1.807, 2.05) is 0 Å². The van der Waals surface area contributed by atoms with E-state index in [1.165, 1.54) is 23.1 Å². The van der Waals surface area contributed by atoms with Gasteiger partial charge >= 0.3 is 5.97 Å². The minimum absolute atomic E-state index is 0.0316. The zero-order valence-electron chi connectivity index (χ0n) is 6.77. The third-order valence-corrected chi connectivity index (χ3v) is 3.23. The van der Waals surface area contributed by atoms with E-state index in [1.54, 1.807) is 5.38 Å². The van der Waals surface area contributed by atoms with Crippen LogP contribution >= 0.6 is 23.1 Å². The second kappa shape index (κ2) is 5.21. The van der Waals surface area contributed by atoms with Crippen LogP contribution < -0.4 is 0 Å². The third-order valence-electron chi connectivity index (χ3n) is 1.18. The highest BCUT2D eigenvalue weighted by atomic mass is 32.2. The molecular formula is C7H9NO3S2. The summed E-state index contributed by atoms with van der Waals surface area (Å²) in [7, 11) is 0. The summed E-state index contributed by atoms with van der Waals surface area (Å²) in [5, 5.41) is 18.7. The second-order valence-corrected chi connectivity index (χ2v) is 4.45. The van der Waals surface area contributed by atoms with Crippen molar-refractivity contribution in [1.29, 1.82) is 0 Å². The zero-order chi connectivity index (χ0) is 9.68. The molecule has 0 aromatic carbocycles. The topological polar surface area (TPSA) is 70.4 Å². The highest BCUT2D eigenvalue weighted by Crippen LogP contribution is 2.22. The Morgan fingerprint density at radius 3 is 3.08 bits per heavy atom. The molecule has 4 nitrogen and oxygen atoms in total. The molecule has 0 bridgehead atoms. The molecule has 0 amide bonds. The predicted octanol–water partition coefficient (Wildman–Crippen LogP) is 0.855. The quantitative estimate of drug-likeness (QED) is 0.719. The van der Waals surface area contributed by atoms with Gasteiger partial charge in [-0.15, -0.1) is 11.3 Å². The fraction of sp³-hybridized carbons (Fsp3) is 0.429. The Hall–Kier alpha value is -0.590. The third kappa shape index (κ3) is 3.75. The first kappa shape index (κ1) is 10.5. The molecule has 6 heteroatoms. The van der Waals surface area contributed by atoms with Gasteiger partial charge in [-0.2, -0.15) is 0 Å². The van der Waals surface area contributed by atoms with Crippen molar-refractivity contribution in [3.63, 3.8) is 0 Å². The summed E-state index contributed by atoms with van der Waals surface area (Å²) in [5.41, 5.74) is 0.581. The number of nitrogens with zero attached hydrogens (tertiary/aromatic N) is 1. The van der Waals surface area contributed by atoms with Gasteiger partial charge in [0.1, 0.15) is 4.34 Å². The van der Waals surface area contributed by atoms with Gasteiger partial charge in [-0.1, -0.05) is 11.8 Å². The first-order valence-corrected chi connectivity index (χ1v) is 5.48. The van der Waals surface area contributed by atoms with Crippen molar-refractivity contribution < 1.29 is 15.0 Å². The molecule has 1 rings (SSSR count). The molecule has 0 saturated heterocycles. The van der Waals surface area contributed by atoms with Crippen LogP contribution in [-0.2, 0) is 11.2 Å². The second-order valence-electron chi connectivity index (χ2n) is 2.25. The molecule has 13 heavy (non-hydrogen) atoms. The molecule has 72 valence electrons. The number of thiazole rings is 1. The summed E-state index contributed by atoms with van der Waals surface area (Å²) in [5.74, 6) is -0.274. The van der Waals surface area contributed by atoms with Gasteiger partial charge in [0.25, 0.3) is 0 Å². The maximum absolute atomic E-state index is 10.3. The Morgan fingerprint density at radius 1 is 1.69 bits per heavy atom. The standard InChI is InChI=1S/C7H9NO3S2/c9-1-2-12-7-8-5(4-13-7)3-6(10)11/h4,9H,1-3H2,(H,10,11). The smallest absolute Gasteiger partial charge is 0.309 e. The fourth-order valence-corrected chi connectivity index (χ4v) is 2.38. The molecule has 0 fully saturated rings. The van der Waals surface area contributed by atoms with Gasteiger partial charge in [0, 0.05) is 11.1 Å². The van der Waals surface area contributed by atoms with Crippen LogP contribution in [0.15, 0.2) is 9.72 Å². The Bertz CT molecular complexity index is 287. The highest BCUT2D eigenvalue weighted by molar-refractivity contribution is 8.01. The van der Waals surface area contributed by atoms with Crippen molar-refractivity contribution in [3.05, 3.63) is 11.1 Å². The van der Waals surface area contributed by atoms with Gasteiger partial charge in [0.2, 0.25) is 0 Å². The van der Waals surface area contributed by atoms with Gasteiger partial charge in [-0.25, -0.2) is 4.98 Å². The molecule has 0 spiro atoms. The van der Waals surface area contributed by atoms with E-state index in [0.717, 1.165) is 4.34 Å². The summed E-state index contributed by atoms with van der Waals surface area (Å²) < 4.78 is 0.810. The molecule has 0 radical (unpaired) electrons. The van der Waals surface area contributed by atoms with Gasteiger partial charge in [-0.05, 0) is 0 Å². The van der Waals surface area contributed by atoms with E-state index < -0.39 is 5.97 Å². The average Bonchev–Trinajstić information content (AvgIpc) is 2.48. The van der Waals surface area contributed by atoms with Crippen molar-refractivity contribution in [2.75, 3.05) is 12.4 Å². The number of carboxylic acids is 1. The van der Waals surface area contributed by atoms with Crippen LogP contribution in [0.25, 0.3) is 0 Å². The molecule has 0 atom stereocenters. The van der Waals surface area contributed by atoms with Crippen LogP contribution in [0.1, 0.15) is 5.69 Å². The van der Waals surface area contributed by atoms with Crippen molar-refractivity contribution in [2.24, 2.45) is 0 Å². The molecule has 1 heterocycles. The summed E-state index contributed by atoms with van der Waals surface area (Å²) in [6.45, 7) is 0.110. The number of hydrogen-bond donors (Lipinski definition) is 2. The van der Waals surface area contributed by atoms with Crippen LogP contribution in [0.4, 0.5) is 0 Å². The number of aliphatic hydroxyl groups excluding tert-OH is 1. The van der Waals surface area contributed by atoms with E-state index in [2.05, 4.69) is 4.98 Å². The molecule has 0 saturated carbocycles. The van der Waals surface area contributed by atoms with Crippen LogP contribution in [0, 0.1) is 0 Å². The van der Waals surface area contributed by atoms with E-state index in [4.69, 9.17) is 10.2 Å². The normalized spacial score (nSPS) is 10.2. The summed E-state index contributed by atoms with van der Waals surface area (Å²) in [4.78, 5) is 14.4. The predicted molar refractivity (Wildman–Crippen MR) is 51.3 cm³/mol. The fourth-order valence-electron chi connectivity index (χ4n) is 0.724. The van der Waals surface area contributed by atoms with Gasteiger partial charge in [0.15, 0.2) is 0 Å². The summed E-state index contributed by atoms with van der Waals surface area (Å²) >= 11 is 2.84. The number of rotatable bonds is 5. The minimum Gasteiger partial charge on any atom is -0.481 e. The lowest BCUT2D eigenvalue weighted by molar-refractivity contribution is -0.136. The summed E-state index contributed by atoms with van der Waals surface area (Å²) in [6, 6.07) is 0. The summed E-state index contributed by atoms with van der Waals surface area (Å²) in [6.07, 6.45) is -0.0316. The number of hydrogen-bond acceptors (Lipinski definition) is 5. The largest absolute Gasteiger partial charge is 0.481 e. The first-order chi connectivity index (χ1) is 6.22. The zero-order valence-corrected chi connectivity index (χ0v) is 8.40. The monoisotopic (exact) mass is 219 g/mol. The molecule has 0 aliphatic heterocycles. The first-order valence-electron chi connectivity index (χ1n) is 3.62. The lowest BCUT2D eigenvalue weighted by Crippen LogP contribution is -1.99. The van der Waals surface area contributed by atoms with E-state index in [9.17, 15) is 4.79 Å². The van der Waals surface area contributed by atoms with E-state index in [-0.39, 0.29) is 13.0 Å². The SMILES string of the molecule is O=C(O)Cc1csc(SCCO)n1. The van der Waals surface area contributed by atoms with Crippen LogP contribution in [0.3, 0.4) is 0 Å². The number of aliphatic hydroxyl groups is 1. The number of aromatic nitrogens is 1. The molecule has 0 aliphatic carbocycles. The van der Waals surface area contributed by atoms with Crippen molar-refractivity contribution in [3.8, 4) is 0 Å². The van der Waals surface area contributed by atoms with Gasteiger partial charge in [-0.3, -0.25) is 4.79 Å². The average molecular weight is 219 g/mol. The molecule has 1 aromatic rings. The number of thioether (sulfide) groups is 1. The van der Waals surface area contributed by atoms with E-state index >= 15 is 0 Å². The number of aliphatic carboxylic acids is 1. The minimum atomic E-state index is -0.871. The Kier molecular flexibility index (Phi) is 4.20. The molecule has 2 N–H and O–H groups in total. The molecule has 1 aromatic heterocycles. The molecular weight excluding hydrogens is 210 g/mol. The van der Waals surface area contributed by atoms with Crippen molar-refractivity contribution >= 4 is 29.1 Å². The van der Waals surface area contributed by atoms with E-state index in [0.29, 0.717) is 11.4 Å². The maximum Gasteiger partial charge on any atom is 0.309 e. The number of carbonyl (C=O) groups is 1. The highest BCUT2D eigenvalue weighted by Gasteiger charge is 2.05. The maximum atomic E-state index is 10.3. The van der Waals surface area contributed by atoms with Crippen molar-refractivity contribution in [1.82, 2.24) is 4.98 Å². The van der Waals surface area contributed by atoms with Gasteiger partial charge < -0.3 is 10.2 Å². The molecule has 0 unspecified atom stereocenters. The van der Waals surface area contributed by atoms with Crippen LogP contribution in [0.5, 0.6) is 0 Å². The Balaban J connectivity index is 2.48. The lowest BCUT2D eigenvalue weighted by atomic mass is 10.3. The lowest BCUT2D eigenvalue weighted by Gasteiger charge is -1.91. The molecule has 0 aliphatic rings. The van der Waals surface area contributed by atoms with Crippen LogP contribution in [-0.4, -0.2) is 33.5 Å². The Labute approximate surface area is 83.6 Å². The number of carboxylic acid groups (broad SMARTS) is 1. The van der Waals surface area contributed by atoms with Crippen molar-refractivity contribution in [2.45, 2.75) is 10.8 Å². The van der Waals surface area contributed by atoms with Gasteiger partial charge in [0.05, 0.1) is 18.7 Å². The Morgan fingerprint density at radius 2 is 2.46 bits per heavy atom. The van der Waals surface area contributed by atoms with Crippen LogP contribution in [0.2, 0.25) is 0 Å².